The molecule has 0 fully saturated rings. The molecular formula is C61H64N4OPt. The smallest absolute Gasteiger partial charge is 0.503 e. The van der Waals surface area contributed by atoms with Crippen LogP contribution >= 0.6 is 0 Å². The molecule has 0 saturated carbocycles. The van der Waals surface area contributed by atoms with E-state index >= 15 is 0 Å². The molecule has 0 saturated heterocycles. The van der Waals surface area contributed by atoms with E-state index in [0.717, 1.165) is 45.4 Å². The predicted octanol–water partition coefficient (Wildman–Crippen LogP) is 15.6. The summed E-state index contributed by atoms with van der Waals surface area (Å²) in [6.45, 7) is 29.5. The maximum absolute atomic E-state index is 7.01. The number of benzene rings is 6. The van der Waals surface area contributed by atoms with Crippen LogP contribution in [0.25, 0.3) is 0 Å². The Labute approximate surface area is 414 Å². The normalized spacial score (nSPS) is 17.2. The standard InChI is InChI=1S/C61H64N4O.Pt/c1-39(2)45-34-46(56-63-60(11,12)61(13,65(56)55-41(4)22-20-23-42(55)5)54(43-24-16-14-17-25-43)44-26-18-15-19-27-44)36-50(35-45)66-49-33-40(3)32-48(38-49)64-53-30-29-47(58(6,7)8)37-52(53)59(9,10)51-28-21-31-62-57(51)64;/h14-35,37,39,54H,1-13H3;/q-2;+2/t61-;/m0./s1. The van der Waals surface area contributed by atoms with E-state index in [1.54, 1.807) is 0 Å². The number of para-hydroxylation sites is 1. The van der Waals surface area contributed by atoms with Crippen LogP contribution in [0.5, 0.6) is 11.5 Å². The summed E-state index contributed by atoms with van der Waals surface area (Å²) >= 11 is 0. The third kappa shape index (κ3) is 8.37. The molecule has 5 nitrogen and oxygen atoms in total. The zero-order chi connectivity index (χ0) is 46.9. The second kappa shape index (κ2) is 17.7. The third-order valence-corrected chi connectivity index (χ3v) is 14.4. The molecule has 7 aromatic rings. The van der Waals surface area contributed by atoms with Crippen LogP contribution in [0.4, 0.5) is 22.9 Å². The van der Waals surface area contributed by atoms with Gasteiger partial charge in [-0.15, -0.1) is 35.4 Å². The number of hydrogen-bond donors (Lipinski definition) is 0. The molecule has 1 atom stereocenters. The zero-order valence-corrected chi connectivity index (χ0v) is 43.7. The van der Waals surface area contributed by atoms with Crippen molar-refractivity contribution in [3.8, 4) is 11.5 Å². The van der Waals surface area contributed by atoms with Gasteiger partial charge in [-0.3, -0.25) is 0 Å². The summed E-state index contributed by atoms with van der Waals surface area (Å²) in [5, 5.41) is 0. The Bertz CT molecular complexity index is 2920. The molecule has 6 aromatic carbocycles. The first-order chi connectivity index (χ1) is 31.3. The number of aryl methyl sites for hydroxylation is 3. The van der Waals surface area contributed by atoms with Crippen LogP contribution in [0.15, 0.2) is 145 Å². The number of nitrogens with zero attached hydrogens (tertiary/aromatic N) is 4. The Morgan fingerprint density at radius 1 is 0.642 bits per heavy atom. The molecule has 0 amide bonds. The summed E-state index contributed by atoms with van der Waals surface area (Å²) in [4.78, 5) is 15.6. The number of amidine groups is 1. The zero-order valence-electron chi connectivity index (χ0n) is 41.4. The summed E-state index contributed by atoms with van der Waals surface area (Å²) in [5.74, 6) is 3.19. The first kappa shape index (κ1) is 47.7. The van der Waals surface area contributed by atoms with Crippen LogP contribution in [0.3, 0.4) is 0 Å². The van der Waals surface area contributed by atoms with Crippen LogP contribution in [0.2, 0.25) is 0 Å². The van der Waals surface area contributed by atoms with Crippen LogP contribution in [0.1, 0.15) is 137 Å². The van der Waals surface area contributed by atoms with E-state index in [0.29, 0.717) is 11.5 Å². The molecule has 9 rings (SSSR count). The third-order valence-electron chi connectivity index (χ3n) is 14.4. The fourth-order valence-corrected chi connectivity index (χ4v) is 10.5. The second-order valence-electron chi connectivity index (χ2n) is 21.1. The maximum atomic E-state index is 7.01. The van der Waals surface area contributed by atoms with E-state index in [-0.39, 0.29) is 43.7 Å². The summed E-state index contributed by atoms with van der Waals surface area (Å²) in [5.41, 5.74) is 13.4. The van der Waals surface area contributed by atoms with Crippen molar-refractivity contribution >= 4 is 28.7 Å². The van der Waals surface area contributed by atoms with E-state index < -0.39 is 11.1 Å². The minimum atomic E-state index is -0.568. The Hall–Kier alpha value is -5.77. The number of pyridine rings is 1. The molecule has 344 valence electrons. The summed E-state index contributed by atoms with van der Waals surface area (Å²) in [6, 6.07) is 55.8. The van der Waals surface area contributed by atoms with E-state index in [1.165, 1.54) is 38.9 Å². The van der Waals surface area contributed by atoms with Crippen molar-refractivity contribution in [2.75, 3.05) is 9.80 Å². The van der Waals surface area contributed by atoms with Gasteiger partial charge in [-0.25, -0.2) is 4.98 Å². The van der Waals surface area contributed by atoms with E-state index in [4.69, 9.17) is 14.7 Å². The minimum Gasteiger partial charge on any atom is -0.503 e. The van der Waals surface area contributed by atoms with Gasteiger partial charge in [0.2, 0.25) is 0 Å². The second-order valence-corrected chi connectivity index (χ2v) is 21.1. The first-order valence-electron chi connectivity index (χ1n) is 23.6. The number of aliphatic imine (C=N–C) groups is 1. The average Bonchev–Trinajstić information content (AvgIpc) is 3.48. The van der Waals surface area contributed by atoms with Gasteiger partial charge in [-0.2, -0.15) is 5.56 Å². The molecule has 67 heavy (non-hydrogen) atoms. The van der Waals surface area contributed by atoms with Crippen LogP contribution in [-0.2, 0) is 31.9 Å². The number of fused-ring (bicyclic) bond motifs is 2. The van der Waals surface area contributed by atoms with Crippen molar-refractivity contribution in [3.63, 3.8) is 0 Å². The molecule has 3 heterocycles. The molecule has 0 spiro atoms. The average molecular weight is 1060 g/mol. The van der Waals surface area contributed by atoms with Gasteiger partial charge in [0, 0.05) is 46.0 Å². The Balaban J connectivity index is 0.00000608. The summed E-state index contributed by atoms with van der Waals surface area (Å²) in [6.07, 6.45) is 1.89. The summed E-state index contributed by atoms with van der Waals surface area (Å²) < 4.78 is 7.01. The van der Waals surface area contributed by atoms with Crippen molar-refractivity contribution < 1.29 is 25.8 Å². The fourth-order valence-electron chi connectivity index (χ4n) is 10.5. The van der Waals surface area contributed by atoms with Gasteiger partial charge in [0.15, 0.2) is 0 Å². The SMILES string of the molecule is Cc1cc(Oc2[c-]c(C3=NC(C)(C)[C@](C)(C(c4ccccc4)c4ccccc4)N3c3c(C)cccc3C)cc(C(C)C)c2)[c-]c(N2c3ccc(C(C)(C)C)cc3C(C)(C)c3cccnc32)c1.[Pt+2]. The van der Waals surface area contributed by atoms with Gasteiger partial charge in [0.25, 0.3) is 0 Å². The molecule has 0 N–H and O–H groups in total. The van der Waals surface area contributed by atoms with Gasteiger partial charge >= 0.3 is 21.1 Å². The predicted molar refractivity (Wildman–Crippen MR) is 275 cm³/mol. The monoisotopic (exact) mass is 1060 g/mol. The molecule has 2 aliphatic heterocycles. The Morgan fingerprint density at radius 2 is 1.27 bits per heavy atom. The van der Waals surface area contributed by atoms with Crippen molar-refractivity contribution in [2.24, 2.45) is 4.99 Å². The molecule has 0 bridgehead atoms. The first-order valence-corrected chi connectivity index (χ1v) is 23.6. The van der Waals surface area contributed by atoms with Crippen LogP contribution in [0, 0.1) is 32.9 Å². The molecular weight excluding hydrogens is 1000 g/mol. The number of ether oxygens (including phenoxy) is 1. The van der Waals surface area contributed by atoms with E-state index in [2.05, 4.69) is 239 Å². The van der Waals surface area contributed by atoms with Gasteiger partial charge in [0.05, 0.1) is 16.9 Å². The molecule has 2 aliphatic rings. The number of aromatic nitrogens is 1. The largest absolute Gasteiger partial charge is 2.00 e. The minimum absolute atomic E-state index is 0. The number of hydrogen-bond acceptors (Lipinski definition) is 5. The number of rotatable bonds is 9. The van der Waals surface area contributed by atoms with Crippen molar-refractivity contribution in [2.45, 2.75) is 124 Å². The van der Waals surface area contributed by atoms with Crippen molar-refractivity contribution in [1.29, 1.82) is 0 Å². The van der Waals surface area contributed by atoms with E-state index in [1.807, 2.05) is 12.3 Å². The summed E-state index contributed by atoms with van der Waals surface area (Å²) in [7, 11) is 0. The Morgan fingerprint density at radius 3 is 1.88 bits per heavy atom. The topological polar surface area (TPSA) is 41.0 Å². The quantitative estimate of drug-likeness (QED) is 0.135. The fraction of sp³-hybridized carbons (Fsp3) is 0.311. The molecule has 0 aliphatic carbocycles. The molecule has 1 aromatic heterocycles. The molecule has 6 heteroatoms. The maximum Gasteiger partial charge on any atom is 2.00 e. The van der Waals surface area contributed by atoms with Crippen molar-refractivity contribution in [3.05, 3.63) is 207 Å². The molecule has 0 unspecified atom stereocenters. The van der Waals surface area contributed by atoms with Crippen LogP contribution in [-0.4, -0.2) is 21.9 Å². The van der Waals surface area contributed by atoms with Gasteiger partial charge < -0.3 is 19.5 Å². The Kier molecular flexibility index (Phi) is 12.6. The van der Waals surface area contributed by atoms with Crippen LogP contribution < -0.4 is 14.5 Å². The van der Waals surface area contributed by atoms with Crippen molar-refractivity contribution in [1.82, 2.24) is 4.98 Å². The number of anilines is 4. The van der Waals surface area contributed by atoms with Gasteiger partial charge in [0.1, 0.15) is 5.82 Å². The van der Waals surface area contributed by atoms with Gasteiger partial charge in [-0.1, -0.05) is 170 Å². The molecule has 0 radical (unpaired) electrons. The van der Waals surface area contributed by atoms with E-state index in [9.17, 15) is 0 Å². The van der Waals surface area contributed by atoms with Gasteiger partial charge in [-0.05, 0) is 91.5 Å².